The molecule has 1 amide bonds. The molecule has 388 valence electrons. The molecule has 0 unspecified atom stereocenters. The van der Waals surface area contributed by atoms with E-state index >= 15 is 0 Å². The number of fused-ring (bicyclic) bond motifs is 2. The van der Waals surface area contributed by atoms with Gasteiger partial charge in [0.1, 0.15) is 69.7 Å². The van der Waals surface area contributed by atoms with Crippen LogP contribution in [0.4, 0.5) is 57.4 Å². The number of pyridine rings is 2. The molecule has 21 nitrogen and oxygen atoms in total. The molecule has 2 saturated heterocycles. The van der Waals surface area contributed by atoms with Gasteiger partial charge in [-0.05, 0) is 129 Å². The number of rotatable bonds is 15. The minimum Gasteiger partial charge on any atom is -0.457 e. The number of ether oxygens (including phenoxy) is 2. The number of amides is 1. The summed E-state index contributed by atoms with van der Waals surface area (Å²) in [5.74, 6) is 5.67. The molecule has 0 aliphatic carbocycles. The number of aromatic nitrogens is 6. The number of nitrogens with zero attached hydrogens (tertiary/aromatic N) is 11. The van der Waals surface area contributed by atoms with Gasteiger partial charge in [-0.1, -0.05) is 6.58 Å². The Kier molecular flexibility index (Phi) is 15.8. The standard InChI is InChI=1S/C29H31N9O2.C26H29N9O/c1-5-26(39)37-10-12-38(13-11-37)29-19(3)15-24-27(35-29)28(33-17-32-24)34-20-6-9-25(18(2)14-20)40-21-7-8-22(31-4)23(16-21)36-30;1-16-12-18(4-7-23(16)36-19-5-6-20(28-3)21(14-19)34-27)32-25-24-22(30-15-31-25)13-17(2)26(33-24)35-10-8-29-9-11-35/h5-9,14-17,30-31H,1,10-13H2,2-4H3,(H,32,33,34);4-7,12-15,27-29H,8-11H2,1-3H3,(H,30,31,32). The first kappa shape index (κ1) is 51.5. The van der Waals surface area contributed by atoms with Crippen molar-refractivity contribution in [2.45, 2.75) is 27.7 Å². The monoisotopic (exact) mass is 1020 g/mol. The van der Waals surface area contributed by atoms with Crippen LogP contribution in [0.3, 0.4) is 0 Å². The lowest BCUT2D eigenvalue weighted by atomic mass is 10.2. The highest BCUT2D eigenvalue weighted by Gasteiger charge is 2.23. The zero-order chi connectivity index (χ0) is 53.3. The van der Waals surface area contributed by atoms with Gasteiger partial charge in [0.15, 0.2) is 11.6 Å². The molecule has 6 heterocycles. The lowest BCUT2D eigenvalue weighted by molar-refractivity contribution is -0.126. The van der Waals surface area contributed by atoms with Crippen LogP contribution in [0.15, 0.2) is 120 Å². The van der Waals surface area contributed by atoms with E-state index < -0.39 is 0 Å². The molecule has 2 fully saturated rings. The zero-order valence-corrected chi connectivity index (χ0v) is 43.3. The van der Waals surface area contributed by atoms with Crippen molar-refractivity contribution < 1.29 is 14.3 Å². The maximum Gasteiger partial charge on any atom is 0.246 e. The third kappa shape index (κ3) is 11.5. The number of aryl methyl sites for hydroxylation is 4. The number of anilines is 8. The molecule has 2 aliphatic heterocycles. The van der Waals surface area contributed by atoms with E-state index in [1.54, 1.807) is 37.5 Å². The molecule has 7 N–H and O–H groups in total. The molecule has 4 aromatic carbocycles. The predicted octanol–water partition coefficient (Wildman–Crippen LogP) is 11.0. The highest BCUT2D eigenvalue weighted by Crippen LogP contribution is 2.37. The largest absolute Gasteiger partial charge is 0.457 e. The molecule has 0 spiro atoms. The van der Waals surface area contributed by atoms with Gasteiger partial charge in [0, 0.05) is 90.0 Å². The fourth-order valence-electron chi connectivity index (χ4n) is 9.08. The Labute approximate surface area is 440 Å². The molecule has 4 aromatic heterocycles. The molecule has 0 saturated carbocycles. The Bertz CT molecular complexity index is 3470. The van der Waals surface area contributed by atoms with E-state index in [1.165, 1.54) is 12.4 Å². The van der Waals surface area contributed by atoms with E-state index in [9.17, 15) is 4.79 Å². The lowest BCUT2D eigenvalue weighted by Gasteiger charge is -2.35. The fraction of sp³-hybridized carbons (Fsp3) is 0.255. The first-order valence-electron chi connectivity index (χ1n) is 24.8. The van der Waals surface area contributed by atoms with Crippen LogP contribution in [0.1, 0.15) is 22.3 Å². The van der Waals surface area contributed by atoms with Gasteiger partial charge in [-0.3, -0.25) is 4.79 Å². The van der Waals surface area contributed by atoms with Crippen molar-refractivity contribution in [3.63, 3.8) is 0 Å². The van der Waals surface area contributed by atoms with Gasteiger partial charge in [-0.25, -0.2) is 41.0 Å². The summed E-state index contributed by atoms with van der Waals surface area (Å²) in [6.07, 6.45) is 4.45. The van der Waals surface area contributed by atoms with E-state index in [0.717, 1.165) is 105 Å². The second kappa shape index (κ2) is 23.2. The van der Waals surface area contributed by atoms with E-state index in [1.807, 2.05) is 87.5 Å². The number of benzene rings is 4. The van der Waals surface area contributed by atoms with E-state index in [0.29, 0.717) is 72.0 Å². The summed E-state index contributed by atoms with van der Waals surface area (Å²) in [6.45, 7) is 18.0. The maximum absolute atomic E-state index is 12.0. The summed E-state index contributed by atoms with van der Waals surface area (Å²) in [6, 6.07) is 26.6. The SMILES string of the molecule is C=CC(=O)N1CCN(c2nc3c(Nc4ccc(Oc5ccc(NC)c(N=N)c5)c(C)c4)ncnc3cc2C)CC1.CNc1ccc(Oc2ccc(Nc3ncnc4cc(C)c(N5CCNCC5)nc34)cc2C)cc1N=N. The van der Waals surface area contributed by atoms with Crippen molar-refractivity contribution in [1.82, 2.24) is 40.1 Å². The van der Waals surface area contributed by atoms with Crippen molar-refractivity contribution in [2.75, 3.05) is 97.5 Å². The van der Waals surface area contributed by atoms with Crippen LogP contribution in [0.25, 0.3) is 22.1 Å². The summed E-state index contributed by atoms with van der Waals surface area (Å²) in [5.41, 5.74) is 26.0. The first-order valence-corrected chi connectivity index (χ1v) is 24.8. The Morgan fingerprint density at radius 1 is 0.605 bits per heavy atom. The van der Waals surface area contributed by atoms with Crippen molar-refractivity contribution in [3.05, 3.63) is 132 Å². The van der Waals surface area contributed by atoms with Gasteiger partial charge < -0.3 is 50.8 Å². The average molecular weight is 1020 g/mol. The minimum atomic E-state index is -0.0470. The van der Waals surface area contributed by atoms with Crippen LogP contribution in [0.2, 0.25) is 0 Å². The molecular formula is C55H60N18O3. The summed E-state index contributed by atoms with van der Waals surface area (Å²) in [4.78, 5) is 46.1. The van der Waals surface area contributed by atoms with Gasteiger partial charge in [0.2, 0.25) is 5.91 Å². The second-order valence-corrected chi connectivity index (χ2v) is 18.2. The molecule has 21 heteroatoms. The van der Waals surface area contributed by atoms with E-state index in [4.69, 9.17) is 30.5 Å². The van der Waals surface area contributed by atoms with Crippen LogP contribution in [0, 0.1) is 38.8 Å². The van der Waals surface area contributed by atoms with Gasteiger partial charge in [0.25, 0.3) is 0 Å². The molecule has 2 aliphatic rings. The van der Waals surface area contributed by atoms with E-state index in [-0.39, 0.29) is 5.91 Å². The third-order valence-corrected chi connectivity index (χ3v) is 13.1. The van der Waals surface area contributed by atoms with Crippen molar-refractivity contribution >= 4 is 85.4 Å². The van der Waals surface area contributed by atoms with Crippen molar-refractivity contribution in [1.29, 1.82) is 11.1 Å². The van der Waals surface area contributed by atoms with Crippen molar-refractivity contribution in [3.8, 4) is 23.0 Å². The first-order chi connectivity index (χ1) is 36.9. The van der Waals surface area contributed by atoms with Gasteiger partial charge in [0.05, 0.1) is 22.4 Å². The molecule has 8 aromatic rings. The quantitative estimate of drug-likeness (QED) is 0.0372. The van der Waals surface area contributed by atoms with Gasteiger partial charge >= 0.3 is 0 Å². The lowest BCUT2D eigenvalue weighted by Crippen LogP contribution is -2.48. The number of piperazine rings is 2. The molecule has 0 bridgehead atoms. The summed E-state index contributed by atoms with van der Waals surface area (Å²) < 4.78 is 12.2. The van der Waals surface area contributed by atoms with E-state index in [2.05, 4.69) is 86.1 Å². The Balaban J connectivity index is 0.000000187. The van der Waals surface area contributed by atoms with Crippen LogP contribution >= 0.6 is 0 Å². The second-order valence-electron chi connectivity index (χ2n) is 18.2. The number of carbonyl (C=O) groups excluding carboxylic acids is 1. The molecule has 0 atom stereocenters. The van der Waals surface area contributed by atoms with Crippen LogP contribution in [-0.4, -0.2) is 107 Å². The molecule has 10 rings (SSSR count). The molecule has 76 heavy (non-hydrogen) atoms. The Morgan fingerprint density at radius 2 is 1.07 bits per heavy atom. The Morgan fingerprint density at radius 3 is 1.49 bits per heavy atom. The van der Waals surface area contributed by atoms with Crippen LogP contribution in [0.5, 0.6) is 23.0 Å². The zero-order valence-electron chi connectivity index (χ0n) is 43.3. The number of hydrogen-bond acceptors (Lipinski definition) is 20. The number of nitrogens with one attached hydrogen (secondary N) is 7. The minimum absolute atomic E-state index is 0.0470. The Hall–Kier alpha value is -9.37. The summed E-state index contributed by atoms with van der Waals surface area (Å²) in [5, 5.41) is 23.4. The highest BCUT2D eigenvalue weighted by atomic mass is 16.5. The number of carbonyl (C=O) groups is 1. The summed E-state index contributed by atoms with van der Waals surface area (Å²) in [7, 11) is 3.58. The third-order valence-electron chi connectivity index (χ3n) is 13.1. The fourth-order valence-corrected chi connectivity index (χ4v) is 9.08. The van der Waals surface area contributed by atoms with Crippen LogP contribution in [-0.2, 0) is 4.79 Å². The topological polar surface area (TPSA) is 255 Å². The highest BCUT2D eigenvalue weighted by molar-refractivity contribution is 5.91. The van der Waals surface area contributed by atoms with Gasteiger partial charge in [-0.2, -0.15) is 10.2 Å². The molecular weight excluding hydrogens is 961 g/mol. The van der Waals surface area contributed by atoms with Crippen molar-refractivity contribution in [2.24, 2.45) is 10.2 Å². The molecule has 0 radical (unpaired) electrons. The van der Waals surface area contributed by atoms with Gasteiger partial charge in [-0.15, -0.1) is 0 Å². The smallest absolute Gasteiger partial charge is 0.246 e. The maximum atomic E-state index is 12.0. The number of hydrogen-bond donors (Lipinski definition) is 7. The van der Waals surface area contributed by atoms with Crippen LogP contribution < -0.4 is 45.9 Å². The average Bonchev–Trinajstić information content (AvgIpc) is 3.44. The predicted molar refractivity (Wildman–Crippen MR) is 299 cm³/mol. The normalized spacial score (nSPS) is 13.3. The summed E-state index contributed by atoms with van der Waals surface area (Å²) >= 11 is 0.